The Labute approximate surface area is 166 Å². The quantitative estimate of drug-likeness (QED) is 0.547. The molecular formula is C22H21F4N3. The van der Waals surface area contributed by atoms with Gasteiger partial charge in [-0.1, -0.05) is 42.5 Å². The number of fused-ring (bicyclic) bond motifs is 1. The van der Waals surface area contributed by atoms with E-state index < -0.39 is 17.6 Å². The Hall–Kier alpha value is -2.48. The van der Waals surface area contributed by atoms with Gasteiger partial charge >= 0.3 is 6.18 Å². The maximum atomic E-state index is 13.9. The van der Waals surface area contributed by atoms with Crippen molar-refractivity contribution in [2.45, 2.75) is 18.8 Å². The molecule has 2 unspecified atom stereocenters. The summed E-state index contributed by atoms with van der Waals surface area (Å²) in [6.45, 7) is 1.27. The molecule has 0 aliphatic carbocycles. The molecule has 4 rings (SSSR count). The number of benzene rings is 3. The molecule has 1 fully saturated rings. The van der Waals surface area contributed by atoms with Crippen LogP contribution in [0.2, 0.25) is 0 Å². The standard InChI is InChI=1S/C22H21F4N3/c23-20-9-8-17(22(24,25)26)10-15(20)11-27-12-16-13-28-29-21(16)19-7-3-5-14-4-1-2-6-18(14)19/h1-10,16,21,27-29H,11-13H2. The van der Waals surface area contributed by atoms with E-state index in [0.29, 0.717) is 13.1 Å². The maximum absolute atomic E-state index is 13.9. The minimum Gasteiger partial charge on any atom is -0.312 e. The minimum atomic E-state index is -4.48. The van der Waals surface area contributed by atoms with E-state index in [0.717, 1.165) is 34.5 Å². The van der Waals surface area contributed by atoms with E-state index in [1.807, 2.05) is 18.2 Å². The van der Waals surface area contributed by atoms with Gasteiger partial charge in [0.05, 0.1) is 11.6 Å². The van der Waals surface area contributed by atoms with Crippen LogP contribution in [0.5, 0.6) is 0 Å². The van der Waals surface area contributed by atoms with Crippen LogP contribution in [0, 0.1) is 11.7 Å². The Kier molecular flexibility index (Phi) is 5.54. The van der Waals surface area contributed by atoms with Gasteiger partial charge in [-0.2, -0.15) is 13.2 Å². The first-order chi connectivity index (χ1) is 13.9. The van der Waals surface area contributed by atoms with Crippen molar-refractivity contribution >= 4 is 10.8 Å². The van der Waals surface area contributed by atoms with Crippen LogP contribution >= 0.6 is 0 Å². The van der Waals surface area contributed by atoms with Crippen LogP contribution in [0.4, 0.5) is 17.6 Å². The van der Waals surface area contributed by atoms with E-state index in [1.165, 1.54) is 0 Å². The SMILES string of the molecule is Fc1ccc(C(F)(F)F)cc1CNCC1CNNC1c1cccc2ccccc12. The molecule has 1 aliphatic rings. The summed E-state index contributed by atoms with van der Waals surface area (Å²) in [5.74, 6) is -0.478. The molecule has 0 aromatic heterocycles. The third-order valence-corrected chi connectivity index (χ3v) is 5.35. The molecule has 29 heavy (non-hydrogen) atoms. The predicted molar refractivity (Wildman–Crippen MR) is 104 cm³/mol. The first kappa shape index (κ1) is 19.8. The smallest absolute Gasteiger partial charge is 0.312 e. The largest absolute Gasteiger partial charge is 0.416 e. The fourth-order valence-electron chi connectivity index (χ4n) is 3.86. The fraction of sp³-hybridized carbons (Fsp3) is 0.273. The molecule has 152 valence electrons. The van der Waals surface area contributed by atoms with Crippen molar-refractivity contribution in [1.29, 1.82) is 0 Å². The summed E-state index contributed by atoms with van der Waals surface area (Å²) >= 11 is 0. The van der Waals surface area contributed by atoms with Crippen molar-refractivity contribution in [1.82, 2.24) is 16.2 Å². The second-order valence-corrected chi connectivity index (χ2v) is 7.27. The minimum absolute atomic E-state index is 0.0143. The second kappa shape index (κ2) is 8.10. The number of hydrogen-bond acceptors (Lipinski definition) is 3. The summed E-state index contributed by atoms with van der Waals surface area (Å²) in [6, 6.07) is 16.8. The number of rotatable bonds is 5. The van der Waals surface area contributed by atoms with Gasteiger partial charge < -0.3 is 5.32 Å². The topological polar surface area (TPSA) is 36.1 Å². The molecule has 3 nitrogen and oxygen atoms in total. The number of hydrogen-bond donors (Lipinski definition) is 3. The Morgan fingerprint density at radius 1 is 1.00 bits per heavy atom. The van der Waals surface area contributed by atoms with Crippen molar-refractivity contribution in [3.05, 3.63) is 83.2 Å². The van der Waals surface area contributed by atoms with Crippen molar-refractivity contribution in [2.75, 3.05) is 13.1 Å². The van der Waals surface area contributed by atoms with Crippen LogP contribution in [-0.4, -0.2) is 13.1 Å². The molecule has 0 amide bonds. The van der Waals surface area contributed by atoms with Gasteiger partial charge in [-0.3, -0.25) is 5.43 Å². The zero-order chi connectivity index (χ0) is 20.4. The lowest BCUT2D eigenvalue weighted by atomic mass is 9.91. The normalized spacial score (nSPS) is 19.7. The number of hydrazine groups is 1. The Balaban J connectivity index is 1.46. The Bertz CT molecular complexity index is 998. The molecule has 7 heteroatoms. The van der Waals surface area contributed by atoms with Crippen LogP contribution < -0.4 is 16.2 Å². The second-order valence-electron chi connectivity index (χ2n) is 7.27. The third-order valence-electron chi connectivity index (χ3n) is 5.35. The zero-order valence-electron chi connectivity index (χ0n) is 15.6. The summed E-state index contributed by atoms with van der Waals surface area (Å²) < 4.78 is 52.6. The zero-order valence-corrected chi connectivity index (χ0v) is 15.6. The Morgan fingerprint density at radius 3 is 2.62 bits per heavy atom. The van der Waals surface area contributed by atoms with Crippen molar-refractivity contribution in [2.24, 2.45) is 5.92 Å². The molecule has 0 radical (unpaired) electrons. The van der Waals surface area contributed by atoms with E-state index >= 15 is 0 Å². The van der Waals surface area contributed by atoms with Crippen LogP contribution in [0.3, 0.4) is 0 Å². The summed E-state index contributed by atoms with van der Waals surface area (Å²) in [7, 11) is 0. The molecule has 0 bridgehead atoms. The van der Waals surface area contributed by atoms with Crippen LogP contribution in [0.1, 0.15) is 22.7 Å². The number of nitrogens with one attached hydrogen (secondary N) is 3. The van der Waals surface area contributed by atoms with Gasteiger partial charge in [0, 0.05) is 31.1 Å². The monoisotopic (exact) mass is 403 g/mol. The molecule has 3 aromatic rings. The fourth-order valence-corrected chi connectivity index (χ4v) is 3.86. The van der Waals surface area contributed by atoms with E-state index in [9.17, 15) is 17.6 Å². The molecule has 1 saturated heterocycles. The summed E-state index contributed by atoms with van der Waals surface area (Å²) in [5.41, 5.74) is 6.79. The summed E-state index contributed by atoms with van der Waals surface area (Å²) in [5, 5.41) is 5.43. The van der Waals surface area contributed by atoms with E-state index in [-0.39, 0.29) is 24.1 Å². The Morgan fingerprint density at radius 2 is 1.79 bits per heavy atom. The first-order valence-corrected chi connectivity index (χ1v) is 9.46. The van der Waals surface area contributed by atoms with Crippen LogP contribution in [0.25, 0.3) is 10.8 Å². The molecule has 1 aliphatic heterocycles. The highest BCUT2D eigenvalue weighted by Crippen LogP contribution is 2.32. The molecule has 0 spiro atoms. The first-order valence-electron chi connectivity index (χ1n) is 9.46. The maximum Gasteiger partial charge on any atom is 0.416 e. The van der Waals surface area contributed by atoms with Crippen LogP contribution in [-0.2, 0) is 12.7 Å². The lowest BCUT2D eigenvalue weighted by Crippen LogP contribution is -2.29. The average molecular weight is 403 g/mol. The van der Waals surface area contributed by atoms with Gasteiger partial charge in [0.15, 0.2) is 0 Å². The van der Waals surface area contributed by atoms with Crippen molar-refractivity contribution in [3.63, 3.8) is 0 Å². The highest BCUT2D eigenvalue weighted by atomic mass is 19.4. The van der Waals surface area contributed by atoms with Gasteiger partial charge in [-0.05, 0) is 34.5 Å². The molecular weight excluding hydrogens is 382 g/mol. The lowest BCUT2D eigenvalue weighted by molar-refractivity contribution is -0.137. The molecule has 3 aromatic carbocycles. The van der Waals surface area contributed by atoms with E-state index in [4.69, 9.17) is 0 Å². The molecule has 1 heterocycles. The highest BCUT2D eigenvalue weighted by Gasteiger charge is 2.31. The third kappa shape index (κ3) is 4.27. The summed E-state index contributed by atoms with van der Waals surface area (Å²) in [6.07, 6.45) is -4.48. The number of alkyl halides is 3. The van der Waals surface area contributed by atoms with E-state index in [1.54, 1.807) is 0 Å². The van der Waals surface area contributed by atoms with Gasteiger partial charge in [0.1, 0.15) is 5.82 Å². The number of halogens is 4. The van der Waals surface area contributed by atoms with Gasteiger partial charge in [-0.25, -0.2) is 9.82 Å². The van der Waals surface area contributed by atoms with E-state index in [2.05, 4.69) is 40.4 Å². The summed E-state index contributed by atoms with van der Waals surface area (Å²) in [4.78, 5) is 0. The van der Waals surface area contributed by atoms with Gasteiger partial charge in [0.2, 0.25) is 0 Å². The lowest BCUT2D eigenvalue weighted by Gasteiger charge is -2.21. The van der Waals surface area contributed by atoms with Crippen molar-refractivity contribution in [3.8, 4) is 0 Å². The average Bonchev–Trinajstić information content (AvgIpc) is 3.16. The molecule has 0 saturated carbocycles. The van der Waals surface area contributed by atoms with Gasteiger partial charge in [-0.15, -0.1) is 0 Å². The van der Waals surface area contributed by atoms with Crippen molar-refractivity contribution < 1.29 is 17.6 Å². The highest BCUT2D eigenvalue weighted by molar-refractivity contribution is 5.86. The molecule has 2 atom stereocenters. The van der Waals surface area contributed by atoms with Crippen LogP contribution in [0.15, 0.2) is 60.7 Å². The molecule has 3 N–H and O–H groups in total. The van der Waals surface area contributed by atoms with Gasteiger partial charge in [0.25, 0.3) is 0 Å². The predicted octanol–water partition coefficient (Wildman–Crippen LogP) is 4.55.